The number of carbonyl (C=O) groups is 1. The van der Waals surface area contributed by atoms with Crippen molar-refractivity contribution in [2.24, 2.45) is 0 Å². The lowest BCUT2D eigenvalue weighted by Crippen LogP contribution is -2.48. The van der Waals surface area contributed by atoms with E-state index in [4.69, 9.17) is 11.6 Å². The number of rotatable bonds is 5. The maximum absolute atomic E-state index is 12.3. The van der Waals surface area contributed by atoms with Crippen molar-refractivity contribution in [2.75, 3.05) is 43.4 Å². The van der Waals surface area contributed by atoms with Crippen LogP contribution in [0.1, 0.15) is 12.0 Å². The molecule has 1 amide bonds. The summed E-state index contributed by atoms with van der Waals surface area (Å²) in [7, 11) is -2.87. The number of hydrogen-bond acceptors (Lipinski definition) is 5. The van der Waals surface area contributed by atoms with Gasteiger partial charge in [0.1, 0.15) is 0 Å². The Hall–Kier alpha value is -0.760. The SMILES string of the molecule is O=C(CSC1CCS(=O)(=O)C1)N1CCN(Cc2ccc(Cl)cc2)CC1. The maximum Gasteiger partial charge on any atom is 0.232 e. The zero-order valence-electron chi connectivity index (χ0n) is 14.1. The van der Waals surface area contributed by atoms with Crippen LogP contribution in [0.25, 0.3) is 0 Å². The highest BCUT2D eigenvalue weighted by atomic mass is 35.5. The van der Waals surface area contributed by atoms with Crippen LogP contribution in [0.15, 0.2) is 24.3 Å². The van der Waals surface area contributed by atoms with Crippen LogP contribution in [0, 0.1) is 0 Å². The van der Waals surface area contributed by atoms with E-state index >= 15 is 0 Å². The van der Waals surface area contributed by atoms with E-state index in [-0.39, 0.29) is 22.7 Å². The molecule has 0 saturated carbocycles. The van der Waals surface area contributed by atoms with Crippen molar-refractivity contribution < 1.29 is 13.2 Å². The molecule has 1 aromatic carbocycles. The second-order valence-electron chi connectivity index (χ2n) is 6.62. The predicted octanol–water partition coefficient (Wildman–Crippen LogP) is 1.90. The van der Waals surface area contributed by atoms with E-state index in [0.717, 1.165) is 37.7 Å². The van der Waals surface area contributed by atoms with E-state index in [1.165, 1.54) is 17.3 Å². The molecule has 0 aromatic heterocycles. The second-order valence-corrected chi connectivity index (χ2v) is 10.6. The Morgan fingerprint density at radius 3 is 2.44 bits per heavy atom. The molecule has 0 spiro atoms. The fourth-order valence-electron chi connectivity index (χ4n) is 3.18. The number of hydrogen-bond donors (Lipinski definition) is 0. The number of nitrogens with zero attached hydrogens (tertiary/aromatic N) is 2. The molecule has 2 heterocycles. The zero-order chi connectivity index (χ0) is 17.9. The normalized spacial score (nSPS) is 23.7. The number of thioether (sulfide) groups is 1. The second kappa shape index (κ2) is 8.29. The summed E-state index contributed by atoms with van der Waals surface area (Å²) in [6.07, 6.45) is 0.676. The third-order valence-electron chi connectivity index (χ3n) is 4.68. The molecule has 3 rings (SSSR count). The quantitative estimate of drug-likeness (QED) is 0.752. The van der Waals surface area contributed by atoms with Gasteiger partial charge in [0, 0.05) is 43.0 Å². The van der Waals surface area contributed by atoms with E-state index in [0.29, 0.717) is 12.2 Å². The molecule has 0 radical (unpaired) electrons. The standard InChI is InChI=1S/C17H23ClN2O3S2/c18-15-3-1-14(2-4-15)11-19-6-8-20(9-7-19)17(21)12-24-16-5-10-25(22,23)13-16/h1-4,16H,5-13H2. The first kappa shape index (κ1) is 19.0. The summed E-state index contributed by atoms with van der Waals surface area (Å²) in [5.74, 6) is 1.000. The Morgan fingerprint density at radius 2 is 1.84 bits per heavy atom. The predicted molar refractivity (Wildman–Crippen MR) is 103 cm³/mol. The van der Waals surface area contributed by atoms with Crippen LogP contribution in [-0.2, 0) is 21.2 Å². The molecule has 0 aliphatic carbocycles. The van der Waals surface area contributed by atoms with Crippen molar-refractivity contribution in [1.29, 1.82) is 0 Å². The van der Waals surface area contributed by atoms with Crippen molar-refractivity contribution in [1.82, 2.24) is 9.80 Å². The lowest BCUT2D eigenvalue weighted by molar-refractivity contribution is -0.130. The largest absolute Gasteiger partial charge is 0.339 e. The molecule has 2 aliphatic rings. The molecule has 2 aliphatic heterocycles. The van der Waals surface area contributed by atoms with Crippen molar-refractivity contribution >= 4 is 39.1 Å². The average molecular weight is 403 g/mol. The summed E-state index contributed by atoms with van der Waals surface area (Å²) in [5, 5.41) is 0.826. The van der Waals surface area contributed by atoms with E-state index in [9.17, 15) is 13.2 Å². The van der Waals surface area contributed by atoms with Gasteiger partial charge in [-0.15, -0.1) is 11.8 Å². The number of piperazine rings is 1. The average Bonchev–Trinajstić information content (AvgIpc) is 2.94. The van der Waals surface area contributed by atoms with Gasteiger partial charge in [0.05, 0.1) is 17.3 Å². The molecule has 1 unspecified atom stereocenters. The summed E-state index contributed by atoms with van der Waals surface area (Å²) >= 11 is 7.40. The Labute approximate surface area is 158 Å². The highest BCUT2D eigenvalue weighted by molar-refractivity contribution is 8.02. The molecule has 1 atom stereocenters. The third-order valence-corrected chi connectivity index (χ3v) is 8.20. The molecule has 8 heteroatoms. The van der Waals surface area contributed by atoms with E-state index in [2.05, 4.69) is 4.90 Å². The van der Waals surface area contributed by atoms with Crippen molar-refractivity contribution in [3.8, 4) is 0 Å². The van der Waals surface area contributed by atoms with Crippen LogP contribution >= 0.6 is 23.4 Å². The van der Waals surface area contributed by atoms with Crippen molar-refractivity contribution in [2.45, 2.75) is 18.2 Å². The van der Waals surface area contributed by atoms with Gasteiger partial charge in [-0.25, -0.2) is 8.42 Å². The smallest absolute Gasteiger partial charge is 0.232 e. The minimum atomic E-state index is -2.87. The summed E-state index contributed by atoms with van der Waals surface area (Å²) in [6, 6.07) is 7.87. The highest BCUT2D eigenvalue weighted by Crippen LogP contribution is 2.24. The summed E-state index contributed by atoms with van der Waals surface area (Å²) in [4.78, 5) is 16.6. The monoisotopic (exact) mass is 402 g/mol. The van der Waals surface area contributed by atoms with Crippen LogP contribution in [0.5, 0.6) is 0 Å². The number of halogens is 1. The van der Waals surface area contributed by atoms with Crippen LogP contribution in [-0.4, -0.2) is 72.8 Å². The molecular weight excluding hydrogens is 380 g/mol. The van der Waals surface area contributed by atoms with E-state index in [1.807, 2.05) is 29.2 Å². The first-order valence-electron chi connectivity index (χ1n) is 8.48. The number of benzene rings is 1. The molecule has 2 fully saturated rings. The lowest BCUT2D eigenvalue weighted by atomic mass is 10.2. The summed E-state index contributed by atoms with van der Waals surface area (Å²) < 4.78 is 22.9. The van der Waals surface area contributed by atoms with Crippen LogP contribution in [0.3, 0.4) is 0 Å². The van der Waals surface area contributed by atoms with Crippen LogP contribution < -0.4 is 0 Å². The van der Waals surface area contributed by atoms with Crippen molar-refractivity contribution in [3.63, 3.8) is 0 Å². The minimum Gasteiger partial charge on any atom is -0.339 e. The lowest BCUT2D eigenvalue weighted by Gasteiger charge is -2.35. The van der Waals surface area contributed by atoms with Gasteiger partial charge in [0.2, 0.25) is 5.91 Å². The Bertz CT molecular complexity index is 701. The Kier molecular flexibility index (Phi) is 6.30. The first-order chi connectivity index (χ1) is 11.9. The maximum atomic E-state index is 12.3. The van der Waals surface area contributed by atoms with Gasteiger partial charge in [-0.3, -0.25) is 9.69 Å². The highest BCUT2D eigenvalue weighted by Gasteiger charge is 2.29. The topological polar surface area (TPSA) is 57.7 Å². The molecule has 5 nitrogen and oxygen atoms in total. The van der Waals surface area contributed by atoms with Gasteiger partial charge < -0.3 is 4.90 Å². The van der Waals surface area contributed by atoms with Gasteiger partial charge in [-0.2, -0.15) is 0 Å². The Morgan fingerprint density at radius 1 is 1.16 bits per heavy atom. The summed E-state index contributed by atoms with van der Waals surface area (Å²) in [5.41, 5.74) is 1.22. The first-order valence-corrected chi connectivity index (χ1v) is 11.7. The Balaban J connectivity index is 1.39. The number of amides is 1. The molecule has 1 aromatic rings. The molecular formula is C17H23ClN2O3S2. The van der Waals surface area contributed by atoms with E-state index in [1.54, 1.807) is 0 Å². The van der Waals surface area contributed by atoms with Crippen LogP contribution in [0.4, 0.5) is 0 Å². The minimum absolute atomic E-state index is 0.0835. The summed E-state index contributed by atoms with van der Waals surface area (Å²) in [6.45, 7) is 4.05. The molecule has 0 N–H and O–H groups in total. The number of sulfone groups is 1. The van der Waals surface area contributed by atoms with Gasteiger partial charge in [0.25, 0.3) is 0 Å². The van der Waals surface area contributed by atoms with Crippen molar-refractivity contribution in [3.05, 3.63) is 34.9 Å². The number of carbonyl (C=O) groups excluding carboxylic acids is 1. The molecule has 0 bridgehead atoms. The van der Waals surface area contributed by atoms with Gasteiger partial charge in [0.15, 0.2) is 9.84 Å². The fourth-order valence-corrected chi connectivity index (χ4v) is 6.85. The molecule has 138 valence electrons. The van der Waals surface area contributed by atoms with Gasteiger partial charge in [-0.05, 0) is 24.1 Å². The fraction of sp³-hybridized carbons (Fsp3) is 0.588. The van der Waals surface area contributed by atoms with Gasteiger partial charge in [-0.1, -0.05) is 23.7 Å². The molecule has 25 heavy (non-hydrogen) atoms. The third kappa shape index (κ3) is 5.61. The van der Waals surface area contributed by atoms with Gasteiger partial charge >= 0.3 is 0 Å². The molecule has 2 saturated heterocycles. The zero-order valence-corrected chi connectivity index (χ0v) is 16.5. The van der Waals surface area contributed by atoms with E-state index < -0.39 is 9.84 Å². The van der Waals surface area contributed by atoms with Crippen LogP contribution in [0.2, 0.25) is 5.02 Å².